The molecule has 29 heavy (non-hydrogen) atoms. The van der Waals surface area contributed by atoms with E-state index >= 15 is 0 Å². The molecule has 1 aromatic carbocycles. The van der Waals surface area contributed by atoms with Crippen molar-refractivity contribution in [3.8, 4) is 0 Å². The third-order valence-corrected chi connectivity index (χ3v) is 7.17. The zero-order chi connectivity index (χ0) is 20.7. The number of hydrogen-bond donors (Lipinski definition) is 1. The Kier molecular flexibility index (Phi) is 7.85. The molecule has 0 unspecified atom stereocenters. The van der Waals surface area contributed by atoms with Gasteiger partial charge < -0.3 is 15.1 Å². The zero-order valence-corrected chi connectivity index (χ0v) is 18.9. The van der Waals surface area contributed by atoms with Crippen LogP contribution in [0.2, 0.25) is 0 Å². The summed E-state index contributed by atoms with van der Waals surface area (Å²) < 4.78 is 0. The Balaban J connectivity index is 1.77. The van der Waals surface area contributed by atoms with E-state index in [0.717, 1.165) is 44.5 Å². The maximum Gasteiger partial charge on any atom is 0.322 e. The SMILES string of the molecule is CCN(CC)c1ccc(NC(=O)N(C2CCCCCC2)C2(C)CCCCC2)cc1. The van der Waals surface area contributed by atoms with E-state index in [2.05, 4.69) is 60.2 Å². The summed E-state index contributed by atoms with van der Waals surface area (Å²) in [5.74, 6) is 0. The lowest BCUT2D eigenvalue weighted by molar-refractivity contribution is 0.0596. The Morgan fingerprint density at radius 2 is 1.48 bits per heavy atom. The number of amides is 2. The van der Waals surface area contributed by atoms with Crippen molar-refractivity contribution in [2.75, 3.05) is 23.3 Å². The topological polar surface area (TPSA) is 35.6 Å². The number of carbonyl (C=O) groups excluding carboxylic acids is 1. The molecule has 2 aliphatic rings. The molecule has 0 atom stereocenters. The van der Waals surface area contributed by atoms with Crippen molar-refractivity contribution in [3.05, 3.63) is 24.3 Å². The number of anilines is 2. The molecule has 2 fully saturated rings. The van der Waals surface area contributed by atoms with Crippen molar-refractivity contribution in [3.63, 3.8) is 0 Å². The van der Waals surface area contributed by atoms with Gasteiger partial charge >= 0.3 is 6.03 Å². The fourth-order valence-electron chi connectivity index (χ4n) is 5.45. The van der Waals surface area contributed by atoms with Crippen LogP contribution in [0.1, 0.15) is 91.4 Å². The second-order valence-electron chi connectivity index (χ2n) is 9.22. The molecular formula is C25H41N3O. The minimum Gasteiger partial charge on any atom is -0.372 e. The fourth-order valence-corrected chi connectivity index (χ4v) is 5.45. The lowest BCUT2D eigenvalue weighted by Gasteiger charge is -2.48. The molecule has 4 heteroatoms. The first-order chi connectivity index (χ1) is 14.1. The van der Waals surface area contributed by atoms with Crippen LogP contribution in [0, 0.1) is 0 Å². The average Bonchev–Trinajstić information content (AvgIpc) is 3.00. The molecule has 0 radical (unpaired) electrons. The molecule has 2 saturated carbocycles. The predicted octanol–water partition coefficient (Wildman–Crippen LogP) is 6.81. The largest absolute Gasteiger partial charge is 0.372 e. The van der Waals surface area contributed by atoms with Crippen LogP contribution in [0.4, 0.5) is 16.2 Å². The van der Waals surface area contributed by atoms with Crippen molar-refractivity contribution in [2.24, 2.45) is 0 Å². The highest BCUT2D eigenvalue weighted by Gasteiger charge is 2.40. The molecule has 0 bridgehead atoms. The van der Waals surface area contributed by atoms with Crippen molar-refractivity contribution >= 4 is 17.4 Å². The number of rotatable bonds is 6. The highest BCUT2D eigenvalue weighted by Crippen LogP contribution is 2.38. The number of benzene rings is 1. The van der Waals surface area contributed by atoms with Gasteiger partial charge in [-0.2, -0.15) is 0 Å². The van der Waals surface area contributed by atoms with E-state index in [1.54, 1.807) is 0 Å². The molecule has 1 aromatic rings. The van der Waals surface area contributed by atoms with Crippen molar-refractivity contribution in [1.82, 2.24) is 4.90 Å². The standard InChI is InChI=1S/C25H41N3O/c1-4-27(5-2)22-17-15-21(16-18-22)26-24(29)28(23-13-9-6-7-10-14-23)25(3)19-11-8-12-20-25/h15-18,23H,4-14,19-20H2,1-3H3,(H,26,29). The monoisotopic (exact) mass is 399 g/mol. The minimum absolute atomic E-state index is 0.00149. The van der Waals surface area contributed by atoms with Gasteiger partial charge in [-0.1, -0.05) is 44.9 Å². The summed E-state index contributed by atoms with van der Waals surface area (Å²) in [5, 5.41) is 3.25. The van der Waals surface area contributed by atoms with E-state index in [0.29, 0.717) is 6.04 Å². The Morgan fingerprint density at radius 3 is 2.03 bits per heavy atom. The molecule has 0 saturated heterocycles. The summed E-state index contributed by atoms with van der Waals surface area (Å²) in [6, 6.07) is 8.86. The molecule has 2 aliphatic carbocycles. The van der Waals surface area contributed by atoms with Crippen LogP contribution in [-0.4, -0.2) is 35.6 Å². The van der Waals surface area contributed by atoms with Crippen LogP contribution in [-0.2, 0) is 0 Å². The number of nitrogens with one attached hydrogen (secondary N) is 1. The molecule has 0 aliphatic heterocycles. The van der Waals surface area contributed by atoms with Crippen molar-refractivity contribution in [2.45, 2.75) is 103 Å². The molecule has 0 aromatic heterocycles. The quantitative estimate of drug-likeness (QED) is 0.533. The smallest absolute Gasteiger partial charge is 0.322 e. The summed E-state index contributed by atoms with van der Waals surface area (Å²) in [7, 11) is 0. The Bertz CT molecular complexity index is 624. The summed E-state index contributed by atoms with van der Waals surface area (Å²) in [4.78, 5) is 18.2. The second-order valence-corrected chi connectivity index (χ2v) is 9.22. The summed E-state index contributed by atoms with van der Waals surface area (Å²) in [6.45, 7) is 8.68. The predicted molar refractivity (Wildman–Crippen MR) is 124 cm³/mol. The Hall–Kier alpha value is -1.71. The van der Waals surface area contributed by atoms with Crippen LogP contribution < -0.4 is 10.2 Å². The van der Waals surface area contributed by atoms with Gasteiger partial charge in [0, 0.05) is 36.0 Å². The Labute approximate surface area is 178 Å². The van der Waals surface area contributed by atoms with Crippen molar-refractivity contribution < 1.29 is 4.79 Å². The van der Waals surface area contributed by atoms with Gasteiger partial charge in [0.2, 0.25) is 0 Å². The van der Waals surface area contributed by atoms with Crippen LogP contribution in [0.3, 0.4) is 0 Å². The summed E-state index contributed by atoms with van der Waals surface area (Å²) >= 11 is 0. The van der Waals surface area contributed by atoms with Crippen LogP contribution >= 0.6 is 0 Å². The highest BCUT2D eigenvalue weighted by atomic mass is 16.2. The molecule has 2 amide bonds. The van der Waals surface area contributed by atoms with Gasteiger partial charge in [0.25, 0.3) is 0 Å². The summed E-state index contributed by atoms with van der Waals surface area (Å²) in [5.41, 5.74) is 2.12. The molecule has 162 valence electrons. The number of hydrogen-bond acceptors (Lipinski definition) is 2. The first-order valence-corrected chi connectivity index (χ1v) is 12.0. The summed E-state index contributed by atoms with van der Waals surface area (Å²) in [6.07, 6.45) is 13.5. The molecular weight excluding hydrogens is 358 g/mol. The van der Waals surface area contributed by atoms with Crippen LogP contribution in [0.15, 0.2) is 24.3 Å². The van der Waals surface area contributed by atoms with Gasteiger partial charge in [-0.15, -0.1) is 0 Å². The molecule has 0 heterocycles. The first-order valence-electron chi connectivity index (χ1n) is 12.0. The Morgan fingerprint density at radius 1 is 0.931 bits per heavy atom. The zero-order valence-electron chi connectivity index (χ0n) is 18.9. The molecule has 1 N–H and O–H groups in total. The van der Waals surface area contributed by atoms with Gasteiger partial charge in [-0.25, -0.2) is 4.79 Å². The first kappa shape index (κ1) is 22.0. The normalized spacial score (nSPS) is 20.0. The third-order valence-electron chi connectivity index (χ3n) is 7.17. The van der Waals surface area contributed by atoms with Gasteiger partial charge in [0.05, 0.1) is 0 Å². The van der Waals surface area contributed by atoms with Gasteiger partial charge in [0.15, 0.2) is 0 Å². The van der Waals surface area contributed by atoms with Crippen LogP contribution in [0.25, 0.3) is 0 Å². The van der Waals surface area contributed by atoms with E-state index in [1.165, 1.54) is 50.6 Å². The molecule has 0 spiro atoms. The number of urea groups is 1. The molecule has 3 rings (SSSR count). The lowest BCUT2D eigenvalue weighted by Crippen LogP contribution is -2.57. The van der Waals surface area contributed by atoms with E-state index < -0.39 is 0 Å². The minimum atomic E-state index is -0.00149. The van der Waals surface area contributed by atoms with Crippen molar-refractivity contribution in [1.29, 1.82) is 0 Å². The fraction of sp³-hybridized carbons (Fsp3) is 0.720. The average molecular weight is 400 g/mol. The van der Waals surface area contributed by atoms with Gasteiger partial charge in [-0.3, -0.25) is 0 Å². The third kappa shape index (κ3) is 5.46. The van der Waals surface area contributed by atoms with Gasteiger partial charge in [-0.05, 0) is 70.7 Å². The van der Waals surface area contributed by atoms with E-state index in [9.17, 15) is 4.79 Å². The van der Waals surface area contributed by atoms with E-state index in [1.807, 2.05) is 0 Å². The molecule has 4 nitrogen and oxygen atoms in total. The number of carbonyl (C=O) groups is 1. The van der Waals surface area contributed by atoms with E-state index in [-0.39, 0.29) is 11.6 Å². The van der Waals surface area contributed by atoms with E-state index in [4.69, 9.17) is 0 Å². The second kappa shape index (κ2) is 10.4. The number of nitrogens with zero attached hydrogens (tertiary/aromatic N) is 2. The highest BCUT2D eigenvalue weighted by molar-refractivity contribution is 5.90. The lowest BCUT2D eigenvalue weighted by atomic mass is 9.80. The van der Waals surface area contributed by atoms with Gasteiger partial charge in [0.1, 0.15) is 0 Å². The maximum atomic E-state index is 13.6. The van der Waals surface area contributed by atoms with Crippen LogP contribution in [0.5, 0.6) is 0 Å². The maximum absolute atomic E-state index is 13.6.